The summed E-state index contributed by atoms with van der Waals surface area (Å²) in [6.45, 7) is 3.48. The number of hydrogen-bond acceptors (Lipinski definition) is 0. The average Bonchev–Trinajstić information content (AvgIpc) is 2.52. The minimum absolute atomic E-state index is 0.642. The van der Waals surface area contributed by atoms with Gasteiger partial charge in [-0.05, 0) is 5.92 Å². The maximum atomic E-state index is 6.73. The summed E-state index contributed by atoms with van der Waals surface area (Å²) < 4.78 is -5.74. The Labute approximate surface area is 213 Å². The molecular formula is C14H14Cl12. The molecule has 0 bridgehead atoms. The molecule has 0 N–H and O–H groups in total. The normalized spacial score (nSPS) is 49.6. The standard InChI is InChI=1S/C14H14Cl12/c1-11(2)3-4(12(21,22)14(25,26)13(11,23)24)6(16)8(18)10(20)9(19)7(17)5(3)15/h3-10H,1-2H3. The second-order valence-electron chi connectivity index (χ2n) is 7.21. The van der Waals surface area contributed by atoms with Crippen molar-refractivity contribution in [3.8, 4) is 0 Å². The van der Waals surface area contributed by atoms with E-state index in [0.29, 0.717) is 0 Å². The summed E-state index contributed by atoms with van der Waals surface area (Å²) in [5.74, 6) is -1.49. The van der Waals surface area contributed by atoms with E-state index in [2.05, 4.69) is 0 Å². The van der Waals surface area contributed by atoms with Gasteiger partial charge in [0.2, 0.25) is 0 Å². The van der Waals surface area contributed by atoms with E-state index in [-0.39, 0.29) is 0 Å². The van der Waals surface area contributed by atoms with Crippen molar-refractivity contribution >= 4 is 139 Å². The SMILES string of the molecule is CC1(C)C2C(Cl)C(Cl)C(Cl)C(Cl)C(Cl)C(Cl)C2C(Cl)(Cl)C(Cl)(Cl)C1(Cl)Cl. The summed E-state index contributed by atoms with van der Waals surface area (Å²) >= 11 is 78.7. The van der Waals surface area contributed by atoms with Crippen LogP contribution in [0.3, 0.4) is 0 Å². The number of fused-ring (bicyclic) bond motifs is 1. The molecule has 0 aromatic rings. The number of halogens is 12. The highest BCUT2D eigenvalue weighted by molar-refractivity contribution is 6.70. The predicted octanol–water partition coefficient (Wildman–Crippen LogP) is 8.44. The number of rotatable bonds is 0. The summed E-state index contributed by atoms with van der Waals surface area (Å²) in [5.41, 5.74) is -1.03. The minimum Gasteiger partial charge on any atom is -0.121 e. The van der Waals surface area contributed by atoms with Crippen molar-refractivity contribution in [2.75, 3.05) is 0 Å². The first-order chi connectivity index (χ1) is 11.5. The van der Waals surface area contributed by atoms with Gasteiger partial charge in [0.05, 0.1) is 32.3 Å². The van der Waals surface area contributed by atoms with Crippen molar-refractivity contribution in [3.05, 3.63) is 0 Å². The van der Waals surface area contributed by atoms with Crippen LogP contribution in [0.2, 0.25) is 0 Å². The zero-order valence-electron chi connectivity index (χ0n) is 13.2. The van der Waals surface area contributed by atoms with Gasteiger partial charge in [0, 0.05) is 11.3 Å². The van der Waals surface area contributed by atoms with Crippen LogP contribution in [0.4, 0.5) is 0 Å². The second-order valence-corrected chi connectivity index (χ2v) is 14.3. The summed E-state index contributed by atoms with van der Waals surface area (Å²) in [5, 5.41) is -4.94. The largest absolute Gasteiger partial charge is 0.184 e. The zero-order valence-corrected chi connectivity index (χ0v) is 22.2. The first-order valence-corrected chi connectivity index (χ1v) is 12.3. The van der Waals surface area contributed by atoms with Crippen molar-refractivity contribution in [2.45, 2.75) is 59.1 Å². The molecule has 0 nitrogen and oxygen atoms in total. The quantitative estimate of drug-likeness (QED) is 0.243. The van der Waals surface area contributed by atoms with Crippen molar-refractivity contribution in [3.63, 3.8) is 0 Å². The molecule has 2 fully saturated rings. The van der Waals surface area contributed by atoms with Crippen molar-refractivity contribution in [1.82, 2.24) is 0 Å². The Morgan fingerprint density at radius 3 is 1.15 bits per heavy atom. The van der Waals surface area contributed by atoms with Gasteiger partial charge in [-0.25, -0.2) is 0 Å². The molecule has 0 heterocycles. The molecule has 2 saturated carbocycles. The highest BCUT2D eigenvalue weighted by Gasteiger charge is 2.78. The lowest BCUT2D eigenvalue weighted by Crippen LogP contribution is -2.73. The van der Waals surface area contributed by atoms with E-state index in [0.717, 1.165) is 0 Å². The molecule has 0 saturated heterocycles. The van der Waals surface area contributed by atoms with Gasteiger partial charge in [-0.15, -0.1) is 69.6 Å². The third-order valence-electron chi connectivity index (χ3n) is 5.47. The van der Waals surface area contributed by atoms with Crippen LogP contribution in [0.15, 0.2) is 0 Å². The van der Waals surface area contributed by atoms with E-state index in [9.17, 15) is 0 Å². The molecule has 8 unspecified atom stereocenters. The lowest BCUT2D eigenvalue weighted by molar-refractivity contribution is 0.0375. The molecule has 2 rings (SSSR count). The van der Waals surface area contributed by atoms with Gasteiger partial charge in [0.25, 0.3) is 0 Å². The van der Waals surface area contributed by atoms with Crippen LogP contribution in [0.1, 0.15) is 13.8 Å². The molecule has 0 radical (unpaired) electrons. The topological polar surface area (TPSA) is 0 Å². The maximum Gasteiger partial charge on any atom is 0.184 e. The van der Waals surface area contributed by atoms with Gasteiger partial charge in [-0.2, -0.15) is 0 Å². The molecule has 0 aromatic heterocycles. The Balaban J connectivity index is 2.77. The fourth-order valence-corrected chi connectivity index (χ4v) is 8.92. The maximum absolute atomic E-state index is 6.73. The third kappa shape index (κ3) is 3.47. The minimum atomic E-state index is -2.01. The van der Waals surface area contributed by atoms with Gasteiger partial charge in [-0.1, -0.05) is 83.5 Å². The van der Waals surface area contributed by atoms with Crippen LogP contribution in [-0.2, 0) is 0 Å². The first kappa shape index (κ1) is 25.7. The van der Waals surface area contributed by atoms with E-state index in [1.165, 1.54) is 0 Å². The molecule has 0 aromatic carbocycles. The van der Waals surface area contributed by atoms with Crippen LogP contribution in [-0.4, -0.2) is 45.3 Å². The summed E-state index contributed by atoms with van der Waals surface area (Å²) in [6, 6.07) is 0. The molecule has 2 aliphatic rings. The molecule has 2 aliphatic carbocycles. The highest BCUT2D eigenvalue weighted by Crippen LogP contribution is 2.73. The lowest BCUT2D eigenvalue weighted by atomic mass is 9.58. The van der Waals surface area contributed by atoms with Gasteiger partial charge < -0.3 is 0 Å². The Morgan fingerprint density at radius 2 is 0.769 bits per heavy atom. The van der Waals surface area contributed by atoms with Gasteiger partial charge in [0.15, 0.2) is 13.0 Å². The van der Waals surface area contributed by atoms with Crippen LogP contribution < -0.4 is 0 Å². The summed E-state index contributed by atoms with van der Waals surface area (Å²) in [7, 11) is 0. The Morgan fingerprint density at radius 1 is 0.462 bits per heavy atom. The molecule has 8 atom stereocenters. The molecule has 26 heavy (non-hydrogen) atoms. The summed E-state index contributed by atoms with van der Waals surface area (Å²) in [6.07, 6.45) is 0. The molecule has 154 valence electrons. The van der Waals surface area contributed by atoms with E-state index in [1.807, 2.05) is 0 Å². The highest BCUT2D eigenvalue weighted by atomic mass is 35.5. The smallest absolute Gasteiger partial charge is 0.121 e. The second kappa shape index (κ2) is 8.12. The Hall–Kier alpha value is 3.48. The van der Waals surface area contributed by atoms with Crippen molar-refractivity contribution in [1.29, 1.82) is 0 Å². The zero-order chi connectivity index (χ0) is 20.6. The Bertz CT molecular complexity index is 498. The molecule has 0 aliphatic heterocycles. The monoisotopic (exact) mass is 602 g/mol. The van der Waals surface area contributed by atoms with Crippen LogP contribution in [0, 0.1) is 17.3 Å². The van der Waals surface area contributed by atoms with Crippen molar-refractivity contribution in [2.24, 2.45) is 17.3 Å². The van der Waals surface area contributed by atoms with Crippen LogP contribution >= 0.6 is 139 Å². The van der Waals surface area contributed by atoms with Crippen LogP contribution in [0.25, 0.3) is 0 Å². The number of hydrogen-bond donors (Lipinski definition) is 0. The van der Waals surface area contributed by atoms with E-state index in [1.54, 1.807) is 13.8 Å². The summed E-state index contributed by atoms with van der Waals surface area (Å²) in [4.78, 5) is 0. The van der Waals surface area contributed by atoms with Gasteiger partial charge >= 0.3 is 0 Å². The average molecular weight is 608 g/mol. The third-order valence-corrected chi connectivity index (χ3v) is 13.9. The fraction of sp³-hybridized carbons (Fsp3) is 1.00. The van der Waals surface area contributed by atoms with Crippen LogP contribution in [0.5, 0.6) is 0 Å². The predicted molar refractivity (Wildman–Crippen MR) is 122 cm³/mol. The van der Waals surface area contributed by atoms with Gasteiger partial charge in [-0.3, -0.25) is 0 Å². The lowest BCUT2D eigenvalue weighted by Gasteiger charge is -2.64. The molecule has 0 spiro atoms. The first-order valence-electron chi connectivity index (χ1n) is 7.44. The Kier molecular flexibility index (Phi) is 8.03. The van der Waals surface area contributed by atoms with E-state index >= 15 is 0 Å². The van der Waals surface area contributed by atoms with E-state index < -0.39 is 62.5 Å². The molecular weight excluding hydrogens is 594 g/mol. The van der Waals surface area contributed by atoms with Crippen molar-refractivity contribution < 1.29 is 0 Å². The molecule has 12 heteroatoms. The van der Waals surface area contributed by atoms with Gasteiger partial charge in [0.1, 0.15) is 0 Å². The number of alkyl halides is 12. The van der Waals surface area contributed by atoms with E-state index in [4.69, 9.17) is 139 Å². The fourth-order valence-electron chi connectivity index (χ4n) is 3.80. The molecule has 0 amide bonds.